The fraction of sp³-hybridized carbons (Fsp3) is 0.100. The summed E-state index contributed by atoms with van der Waals surface area (Å²) >= 11 is 0. The molecule has 152 valence electrons. The van der Waals surface area contributed by atoms with E-state index in [-0.39, 0.29) is 10.6 Å². The van der Waals surface area contributed by atoms with Crippen LogP contribution in [-0.4, -0.2) is 14.7 Å². The van der Waals surface area contributed by atoms with Gasteiger partial charge in [-0.25, -0.2) is 8.42 Å². The fourth-order valence-corrected chi connectivity index (χ4v) is 3.27. The summed E-state index contributed by atoms with van der Waals surface area (Å²) in [6.07, 6.45) is -3.46. The van der Waals surface area contributed by atoms with Gasteiger partial charge in [0, 0.05) is 18.0 Å². The van der Waals surface area contributed by atoms with Crippen molar-refractivity contribution in [3.8, 4) is 11.5 Å². The van der Waals surface area contributed by atoms with E-state index in [1.54, 1.807) is 36.4 Å². The van der Waals surface area contributed by atoms with Gasteiger partial charge in [-0.2, -0.15) is 13.2 Å². The summed E-state index contributed by atoms with van der Waals surface area (Å²) in [7, 11) is -3.39. The highest BCUT2D eigenvalue weighted by atomic mass is 32.2. The van der Waals surface area contributed by atoms with E-state index in [1.807, 2.05) is 0 Å². The van der Waals surface area contributed by atoms with Gasteiger partial charge in [-0.3, -0.25) is 0 Å². The van der Waals surface area contributed by atoms with Gasteiger partial charge in [-0.05, 0) is 42.5 Å². The highest BCUT2D eigenvalue weighted by molar-refractivity contribution is 7.90. The van der Waals surface area contributed by atoms with Gasteiger partial charge in [-0.1, -0.05) is 18.2 Å². The van der Waals surface area contributed by atoms with Crippen LogP contribution in [0.15, 0.2) is 71.6 Å². The topological polar surface area (TPSA) is 81.4 Å². The Labute approximate surface area is 165 Å². The molecule has 0 radical (unpaired) electrons. The van der Waals surface area contributed by atoms with E-state index in [9.17, 15) is 21.6 Å². The number of benzene rings is 3. The summed E-state index contributed by atoms with van der Waals surface area (Å²) in [6.45, 7) is 0. The first-order valence-corrected chi connectivity index (χ1v) is 10.2. The van der Waals surface area contributed by atoms with Crippen LogP contribution in [0.3, 0.4) is 0 Å². The van der Waals surface area contributed by atoms with Crippen LogP contribution >= 0.6 is 0 Å². The Hall–Kier alpha value is -3.20. The van der Waals surface area contributed by atoms with Gasteiger partial charge in [0.1, 0.15) is 11.5 Å². The third-order valence-corrected chi connectivity index (χ3v) is 5.10. The van der Waals surface area contributed by atoms with Crippen molar-refractivity contribution in [3.05, 3.63) is 72.3 Å². The Kier molecular flexibility index (Phi) is 5.43. The molecule has 0 aliphatic carbocycles. The maximum Gasteiger partial charge on any atom is 0.418 e. The molecule has 0 aliphatic heterocycles. The summed E-state index contributed by atoms with van der Waals surface area (Å²) in [5.41, 5.74) is 4.89. The zero-order chi connectivity index (χ0) is 21.2. The minimum absolute atomic E-state index is 0.107. The van der Waals surface area contributed by atoms with E-state index in [0.717, 1.165) is 12.3 Å². The quantitative estimate of drug-likeness (QED) is 0.551. The van der Waals surface area contributed by atoms with Crippen LogP contribution in [0.4, 0.5) is 30.2 Å². The van der Waals surface area contributed by atoms with Gasteiger partial charge in [0.2, 0.25) is 0 Å². The van der Waals surface area contributed by atoms with E-state index >= 15 is 0 Å². The van der Waals surface area contributed by atoms with Crippen molar-refractivity contribution < 1.29 is 26.3 Å². The van der Waals surface area contributed by atoms with Crippen LogP contribution in [-0.2, 0) is 16.0 Å². The molecule has 0 spiro atoms. The SMILES string of the molecule is CS(=O)(=O)c1cccc(Oc2cccc(Nc3cccc(C(F)(F)F)c3N)c2)c1. The molecule has 0 aliphatic rings. The number of anilines is 3. The van der Waals surface area contributed by atoms with Gasteiger partial charge >= 0.3 is 6.18 Å². The lowest BCUT2D eigenvalue weighted by Crippen LogP contribution is -2.10. The molecule has 3 rings (SSSR count). The average molecular weight is 422 g/mol. The number of nitrogens with one attached hydrogen (secondary N) is 1. The summed E-state index contributed by atoms with van der Waals surface area (Å²) in [4.78, 5) is 0.112. The summed E-state index contributed by atoms with van der Waals surface area (Å²) in [5.74, 6) is 0.676. The summed E-state index contributed by atoms with van der Waals surface area (Å²) in [6, 6.07) is 16.1. The van der Waals surface area contributed by atoms with Crippen molar-refractivity contribution >= 4 is 26.9 Å². The van der Waals surface area contributed by atoms with Gasteiger partial charge in [0.15, 0.2) is 9.84 Å². The van der Waals surface area contributed by atoms with Gasteiger partial charge in [0.25, 0.3) is 0 Å². The van der Waals surface area contributed by atoms with E-state index < -0.39 is 27.3 Å². The molecular weight excluding hydrogens is 405 g/mol. The molecule has 0 amide bonds. The number of halogens is 3. The second-order valence-electron chi connectivity index (χ2n) is 6.27. The predicted molar refractivity (Wildman–Crippen MR) is 105 cm³/mol. The minimum Gasteiger partial charge on any atom is -0.457 e. The number of para-hydroxylation sites is 1. The third-order valence-electron chi connectivity index (χ3n) is 3.99. The number of alkyl halides is 3. The normalized spacial score (nSPS) is 11.9. The van der Waals surface area contributed by atoms with Crippen molar-refractivity contribution in [1.29, 1.82) is 0 Å². The van der Waals surface area contributed by atoms with E-state index in [4.69, 9.17) is 10.5 Å². The number of hydrogen-bond acceptors (Lipinski definition) is 5. The molecule has 0 saturated heterocycles. The Morgan fingerprint density at radius 3 is 2.21 bits per heavy atom. The van der Waals surface area contributed by atoms with Crippen molar-refractivity contribution in [2.45, 2.75) is 11.1 Å². The van der Waals surface area contributed by atoms with Crippen LogP contribution in [0.5, 0.6) is 11.5 Å². The van der Waals surface area contributed by atoms with Crippen LogP contribution in [0.1, 0.15) is 5.56 Å². The highest BCUT2D eigenvalue weighted by Gasteiger charge is 2.33. The highest BCUT2D eigenvalue weighted by Crippen LogP contribution is 2.38. The second-order valence-corrected chi connectivity index (χ2v) is 8.28. The van der Waals surface area contributed by atoms with E-state index in [0.29, 0.717) is 17.2 Å². The van der Waals surface area contributed by atoms with Crippen molar-refractivity contribution in [2.24, 2.45) is 0 Å². The minimum atomic E-state index is -4.56. The zero-order valence-electron chi connectivity index (χ0n) is 15.2. The largest absolute Gasteiger partial charge is 0.457 e. The molecule has 3 aromatic carbocycles. The third kappa shape index (κ3) is 5.00. The smallest absolute Gasteiger partial charge is 0.418 e. The number of nitrogens with two attached hydrogens (primary N) is 1. The summed E-state index contributed by atoms with van der Waals surface area (Å²) in [5, 5.41) is 2.85. The number of ether oxygens (including phenoxy) is 1. The van der Waals surface area contributed by atoms with Crippen LogP contribution in [0.25, 0.3) is 0 Å². The number of sulfone groups is 1. The van der Waals surface area contributed by atoms with Crippen molar-refractivity contribution in [2.75, 3.05) is 17.3 Å². The fourth-order valence-electron chi connectivity index (χ4n) is 2.62. The average Bonchev–Trinajstić information content (AvgIpc) is 2.62. The second kappa shape index (κ2) is 7.67. The van der Waals surface area contributed by atoms with Gasteiger partial charge in [0.05, 0.1) is 21.8 Å². The molecule has 3 N–H and O–H groups in total. The molecule has 29 heavy (non-hydrogen) atoms. The lowest BCUT2D eigenvalue weighted by molar-refractivity contribution is -0.136. The van der Waals surface area contributed by atoms with Crippen LogP contribution < -0.4 is 15.8 Å². The molecular formula is C20H17F3N2O3S. The lowest BCUT2D eigenvalue weighted by Gasteiger charge is -2.15. The molecule has 9 heteroatoms. The molecule has 0 bridgehead atoms. The van der Waals surface area contributed by atoms with Crippen molar-refractivity contribution in [1.82, 2.24) is 0 Å². The van der Waals surface area contributed by atoms with E-state index in [1.165, 1.54) is 24.3 Å². The number of nitrogen functional groups attached to an aromatic ring is 1. The standard InChI is InChI=1S/C20H17F3N2O3S/c1-29(26,27)16-8-3-7-15(12-16)28-14-6-2-5-13(11-14)25-18-10-4-9-17(19(18)24)20(21,22)23/h2-12,25H,24H2,1H3. The molecule has 3 aromatic rings. The van der Waals surface area contributed by atoms with Gasteiger partial charge < -0.3 is 15.8 Å². The maximum absolute atomic E-state index is 13.0. The lowest BCUT2D eigenvalue weighted by atomic mass is 10.1. The monoisotopic (exact) mass is 422 g/mol. The molecule has 5 nitrogen and oxygen atoms in total. The van der Waals surface area contributed by atoms with Gasteiger partial charge in [-0.15, -0.1) is 0 Å². The molecule has 0 aromatic heterocycles. The number of rotatable bonds is 5. The number of hydrogen-bond donors (Lipinski definition) is 2. The Bertz CT molecular complexity index is 1150. The zero-order valence-corrected chi connectivity index (χ0v) is 16.0. The Morgan fingerprint density at radius 1 is 0.931 bits per heavy atom. The first-order valence-electron chi connectivity index (χ1n) is 8.35. The molecule has 0 heterocycles. The predicted octanol–water partition coefficient (Wildman–Crippen LogP) is 5.23. The van der Waals surface area contributed by atoms with Crippen LogP contribution in [0, 0.1) is 0 Å². The molecule has 0 saturated carbocycles. The Morgan fingerprint density at radius 2 is 1.55 bits per heavy atom. The maximum atomic E-state index is 13.0. The first kappa shape index (κ1) is 20.5. The first-order chi connectivity index (χ1) is 13.5. The Balaban J connectivity index is 1.85. The van der Waals surface area contributed by atoms with E-state index in [2.05, 4.69) is 5.32 Å². The van der Waals surface area contributed by atoms with Crippen molar-refractivity contribution in [3.63, 3.8) is 0 Å². The van der Waals surface area contributed by atoms with Crippen LogP contribution in [0.2, 0.25) is 0 Å². The molecule has 0 fully saturated rings. The summed E-state index contributed by atoms with van der Waals surface area (Å²) < 4.78 is 68.1. The molecule has 0 unspecified atom stereocenters. The molecule has 0 atom stereocenters.